The molecule has 0 radical (unpaired) electrons. The van der Waals surface area contributed by atoms with Crippen molar-refractivity contribution in [3.05, 3.63) is 58.4 Å². The van der Waals surface area contributed by atoms with Crippen LogP contribution in [0.25, 0.3) is 21.7 Å². The molecule has 0 aliphatic heterocycles. The topological polar surface area (TPSA) is 56.5 Å². The molecule has 23 heavy (non-hydrogen) atoms. The first-order valence-corrected chi connectivity index (χ1v) is 7.71. The molecule has 1 heterocycles. The Hall–Kier alpha value is -2.62. The second-order valence-electron chi connectivity index (χ2n) is 5.67. The molecule has 1 unspecified atom stereocenters. The second kappa shape index (κ2) is 6.24. The molecule has 0 bridgehead atoms. The molecule has 3 aromatic rings. The Morgan fingerprint density at radius 2 is 2.00 bits per heavy atom. The van der Waals surface area contributed by atoms with E-state index >= 15 is 0 Å². The van der Waals surface area contributed by atoms with Crippen molar-refractivity contribution >= 4 is 27.7 Å². The van der Waals surface area contributed by atoms with Crippen LogP contribution in [0.5, 0.6) is 0 Å². The van der Waals surface area contributed by atoms with E-state index in [2.05, 4.69) is 0 Å². The third-order valence-corrected chi connectivity index (χ3v) is 4.10. The van der Waals surface area contributed by atoms with Crippen LogP contribution >= 0.6 is 0 Å². The SMILES string of the molecule is CCC(C)C(=O)OCc1cc(=O)oc2ccc3ccccc3c12. The highest BCUT2D eigenvalue weighted by molar-refractivity contribution is 6.07. The van der Waals surface area contributed by atoms with Gasteiger partial charge in [0, 0.05) is 17.0 Å². The number of rotatable bonds is 4. The van der Waals surface area contributed by atoms with Gasteiger partial charge in [-0.25, -0.2) is 4.79 Å². The predicted octanol–water partition coefficient (Wildman–Crippen LogP) is 4.04. The lowest BCUT2D eigenvalue weighted by molar-refractivity contribution is -0.149. The van der Waals surface area contributed by atoms with Gasteiger partial charge < -0.3 is 9.15 Å². The van der Waals surface area contributed by atoms with Gasteiger partial charge in [0.1, 0.15) is 12.2 Å². The van der Waals surface area contributed by atoms with Gasteiger partial charge in [-0.2, -0.15) is 0 Å². The molecule has 118 valence electrons. The van der Waals surface area contributed by atoms with Crippen molar-refractivity contribution in [2.24, 2.45) is 5.92 Å². The monoisotopic (exact) mass is 310 g/mol. The van der Waals surface area contributed by atoms with Crippen LogP contribution in [0.15, 0.2) is 51.7 Å². The maximum atomic E-state index is 11.9. The maximum absolute atomic E-state index is 11.9. The molecule has 1 atom stereocenters. The van der Waals surface area contributed by atoms with Gasteiger partial charge >= 0.3 is 11.6 Å². The molecular formula is C19H18O4. The molecule has 4 nitrogen and oxygen atoms in total. The fraction of sp³-hybridized carbons (Fsp3) is 0.263. The summed E-state index contributed by atoms with van der Waals surface area (Å²) in [4.78, 5) is 23.7. The van der Waals surface area contributed by atoms with E-state index in [1.54, 1.807) is 6.07 Å². The number of hydrogen-bond acceptors (Lipinski definition) is 4. The summed E-state index contributed by atoms with van der Waals surface area (Å²) in [7, 11) is 0. The van der Waals surface area contributed by atoms with Crippen molar-refractivity contribution in [2.75, 3.05) is 0 Å². The van der Waals surface area contributed by atoms with Gasteiger partial charge in [-0.1, -0.05) is 44.2 Å². The smallest absolute Gasteiger partial charge is 0.336 e. The summed E-state index contributed by atoms with van der Waals surface area (Å²) in [5.74, 6) is -0.410. The molecule has 0 amide bonds. The van der Waals surface area contributed by atoms with Gasteiger partial charge in [-0.3, -0.25) is 4.79 Å². The zero-order valence-electron chi connectivity index (χ0n) is 13.2. The number of ether oxygens (including phenoxy) is 1. The van der Waals surface area contributed by atoms with E-state index in [9.17, 15) is 9.59 Å². The predicted molar refractivity (Wildman–Crippen MR) is 89.2 cm³/mol. The average molecular weight is 310 g/mol. The molecule has 0 N–H and O–H groups in total. The first kappa shape index (κ1) is 15.3. The number of carbonyl (C=O) groups is 1. The Bertz CT molecular complexity index is 923. The fourth-order valence-corrected chi connectivity index (χ4v) is 2.59. The number of benzene rings is 2. The summed E-state index contributed by atoms with van der Waals surface area (Å²) in [5, 5.41) is 2.84. The molecule has 4 heteroatoms. The molecule has 0 fully saturated rings. The lowest BCUT2D eigenvalue weighted by Crippen LogP contribution is -2.14. The fourth-order valence-electron chi connectivity index (χ4n) is 2.59. The lowest BCUT2D eigenvalue weighted by Gasteiger charge is -2.11. The van der Waals surface area contributed by atoms with Crippen LogP contribution < -0.4 is 5.63 Å². The Kier molecular flexibility index (Phi) is 4.15. The largest absolute Gasteiger partial charge is 0.461 e. The highest BCUT2D eigenvalue weighted by atomic mass is 16.5. The average Bonchev–Trinajstić information content (AvgIpc) is 2.57. The minimum absolute atomic E-state index is 0.0687. The maximum Gasteiger partial charge on any atom is 0.336 e. The molecule has 0 saturated carbocycles. The van der Waals surface area contributed by atoms with Gasteiger partial charge in [0.15, 0.2) is 0 Å². The van der Waals surface area contributed by atoms with Crippen LogP contribution in [-0.2, 0) is 16.1 Å². The molecule has 0 spiro atoms. The number of hydrogen-bond donors (Lipinski definition) is 0. The quantitative estimate of drug-likeness (QED) is 0.414. The summed E-state index contributed by atoms with van der Waals surface area (Å²) in [6, 6.07) is 12.9. The summed E-state index contributed by atoms with van der Waals surface area (Å²) >= 11 is 0. The van der Waals surface area contributed by atoms with Crippen LogP contribution in [-0.4, -0.2) is 5.97 Å². The molecular weight excluding hydrogens is 292 g/mol. The van der Waals surface area contributed by atoms with E-state index in [0.717, 1.165) is 22.6 Å². The van der Waals surface area contributed by atoms with E-state index < -0.39 is 5.63 Å². The number of esters is 1. The highest BCUT2D eigenvalue weighted by Crippen LogP contribution is 2.27. The van der Waals surface area contributed by atoms with Crippen molar-refractivity contribution in [1.82, 2.24) is 0 Å². The minimum Gasteiger partial charge on any atom is -0.461 e. The summed E-state index contributed by atoms with van der Waals surface area (Å²) < 4.78 is 10.7. The normalized spacial score (nSPS) is 12.4. The van der Waals surface area contributed by atoms with Gasteiger partial charge in [-0.15, -0.1) is 0 Å². The van der Waals surface area contributed by atoms with Crippen molar-refractivity contribution in [3.63, 3.8) is 0 Å². The summed E-state index contributed by atoms with van der Waals surface area (Å²) in [6.45, 7) is 3.83. The molecule has 1 aromatic heterocycles. The first-order valence-electron chi connectivity index (χ1n) is 7.71. The van der Waals surface area contributed by atoms with Crippen LogP contribution in [0.2, 0.25) is 0 Å². The Balaban J connectivity index is 2.10. The molecule has 3 rings (SSSR count). The van der Waals surface area contributed by atoms with Crippen molar-refractivity contribution < 1.29 is 13.9 Å². The van der Waals surface area contributed by atoms with Crippen LogP contribution in [0.3, 0.4) is 0 Å². The molecule has 0 aliphatic carbocycles. The zero-order chi connectivity index (χ0) is 16.4. The second-order valence-corrected chi connectivity index (χ2v) is 5.67. The Morgan fingerprint density at radius 1 is 1.22 bits per heavy atom. The van der Waals surface area contributed by atoms with Crippen molar-refractivity contribution in [2.45, 2.75) is 26.9 Å². The molecule has 2 aromatic carbocycles. The number of carbonyl (C=O) groups excluding carboxylic acids is 1. The van der Waals surface area contributed by atoms with Crippen LogP contribution in [0, 0.1) is 5.92 Å². The van der Waals surface area contributed by atoms with E-state index in [1.807, 2.05) is 44.2 Å². The van der Waals surface area contributed by atoms with Gasteiger partial charge in [0.2, 0.25) is 0 Å². The van der Waals surface area contributed by atoms with Gasteiger partial charge in [0.05, 0.1) is 5.92 Å². The van der Waals surface area contributed by atoms with E-state index in [0.29, 0.717) is 11.1 Å². The Labute approximate surface area is 133 Å². The molecule has 0 saturated heterocycles. The zero-order valence-corrected chi connectivity index (χ0v) is 13.2. The van der Waals surface area contributed by atoms with Crippen LogP contribution in [0.1, 0.15) is 25.8 Å². The van der Waals surface area contributed by atoms with Gasteiger partial charge in [-0.05, 0) is 23.3 Å². The highest BCUT2D eigenvalue weighted by Gasteiger charge is 2.15. The van der Waals surface area contributed by atoms with Crippen LogP contribution in [0.4, 0.5) is 0 Å². The first-order chi connectivity index (χ1) is 11.1. The number of fused-ring (bicyclic) bond motifs is 3. The molecule has 0 aliphatic rings. The van der Waals surface area contributed by atoms with E-state index in [1.165, 1.54) is 6.07 Å². The minimum atomic E-state index is -0.442. The van der Waals surface area contributed by atoms with Gasteiger partial charge in [0.25, 0.3) is 0 Å². The van der Waals surface area contributed by atoms with E-state index in [4.69, 9.17) is 9.15 Å². The standard InChI is InChI=1S/C19H18O4/c1-3-12(2)19(21)22-11-14-10-17(20)23-16-9-8-13-6-4-5-7-15(13)18(14)16/h4-10,12H,3,11H2,1-2H3. The third kappa shape index (κ3) is 2.97. The lowest BCUT2D eigenvalue weighted by atomic mass is 10.0. The summed E-state index contributed by atoms with van der Waals surface area (Å²) in [5.41, 5.74) is 0.734. The van der Waals surface area contributed by atoms with Crippen molar-refractivity contribution in [1.29, 1.82) is 0 Å². The van der Waals surface area contributed by atoms with E-state index in [-0.39, 0.29) is 18.5 Å². The third-order valence-electron chi connectivity index (χ3n) is 4.10. The summed E-state index contributed by atoms with van der Waals surface area (Å²) in [6.07, 6.45) is 0.722. The Morgan fingerprint density at radius 3 is 2.78 bits per heavy atom. The van der Waals surface area contributed by atoms with Crippen molar-refractivity contribution in [3.8, 4) is 0 Å².